The summed E-state index contributed by atoms with van der Waals surface area (Å²) in [5.74, 6) is 2.77. The molecule has 0 spiro atoms. The van der Waals surface area contributed by atoms with E-state index in [0.717, 1.165) is 30.5 Å². The van der Waals surface area contributed by atoms with Crippen molar-refractivity contribution in [2.24, 2.45) is 5.73 Å². The first-order chi connectivity index (χ1) is 12.5. The molecule has 26 heavy (non-hydrogen) atoms. The molecule has 0 saturated carbocycles. The predicted octanol–water partition coefficient (Wildman–Crippen LogP) is 1.03. The lowest BCUT2D eigenvalue weighted by Crippen LogP contribution is -2.47. The average molecular weight is 354 g/mol. The molecule has 1 unspecified atom stereocenters. The number of piperidine rings is 1. The number of carbonyl (C=O) groups excluding carboxylic acids is 2. The highest BCUT2D eigenvalue weighted by molar-refractivity contribution is 5.88. The molecule has 1 heterocycles. The Morgan fingerprint density at radius 1 is 1.46 bits per heavy atom. The van der Waals surface area contributed by atoms with Crippen LogP contribution < -0.4 is 11.1 Å². The number of likely N-dealkylation sites (tertiary alicyclic amines) is 1. The summed E-state index contributed by atoms with van der Waals surface area (Å²) >= 11 is 0. The lowest BCUT2D eigenvalue weighted by Gasteiger charge is -2.38. The van der Waals surface area contributed by atoms with Gasteiger partial charge in [0, 0.05) is 44.7 Å². The number of hydrogen-bond acceptors (Lipinski definition) is 4. The summed E-state index contributed by atoms with van der Waals surface area (Å²) in [5.41, 5.74) is 7.69. The molecule has 2 rings (SSSR count). The molecule has 3 N–H and O–H groups in total. The fraction of sp³-hybridized carbons (Fsp3) is 0.400. The minimum atomic E-state index is -0.268. The number of terminal acetylenes is 1. The number of benzene rings is 1. The Hall–Kier alpha value is -2.78. The lowest BCUT2D eigenvalue weighted by atomic mass is 10.1. The fourth-order valence-electron chi connectivity index (χ4n) is 3.07. The maximum absolute atomic E-state index is 12.4. The number of rotatable bonds is 5. The van der Waals surface area contributed by atoms with Gasteiger partial charge in [-0.15, -0.1) is 6.42 Å². The quantitative estimate of drug-likeness (QED) is 0.611. The van der Waals surface area contributed by atoms with Gasteiger partial charge in [-0.3, -0.25) is 14.5 Å². The van der Waals surface area contributed by atoms with Crippen molar-refractivity contribution >= 4 is 11.8 Å². The number of nitrogens with zero attached hydrogens (tertiary/aromatic N) is 2. The summed E-state index contributed by atoms with van der Waals surface area (Å²) in [6, 6.07) is 7.50. The van der Waals surface area contributed by atoms with Crippen molar-refractivity contribution in [1.29, 1.82) is 0 Å². The predicted molar refractivity (Wildman–Crippen MR) is 102 cm³/mol. The first-order valence-corrected chi connectivity index (χ1v) is 8.72. The molecule has 0 aliphatic carbocycles. The monoisotopic (exact) mass is 354 g/mol. The topological polar surface area (TPSA) is 78.7 Å². The van der Waals surface area contributed by atoms with Gasteiger partial charge in [-0.1, -0.05) is 24.1 Å². The molecule has 1 aliphatic rings. The van der Waals surface area contributed by atoms with Crippen molar-refractivity contribution in [3.05, 3.63) is 47.3 Å². The third-order valence-electron chi connectivity index (χ3n) is 4.45. The van der Waals surface area contributed by atoms with Gasteiger partial charge in [-0.05, 0) is 24.5 Å². The first-order valence-electron chi connectivity index (χ1n) is 8.72. The Morgan fingerprint density at radius 3 is 2.81 bits per heavy atom. The molecular weight excluding hydrogens is 328 g/mol. The van der Waals surface area contributed by atoms with Gasteiger partial charge in [0.15, 0.2) is 0 Å². The fourth-order valence-corrected chi connectivity index (χ4v) is 3.07. The Bertz CT molecular complexity index is 736. The van der Waals surface area contributed by atoms with Crippen molar-refractivity contribution < 1.29 is 9.59 Å². The molecule has 0 aromatic heterocycles. The zero-order valence-electron chi connectivity index (χ0n) is 15.4. The Kier molecular flexibility index (Phi) is 6.81. The third kappa shape index (κ3) is 4.87. The second-order valence-electron chi connectivity index (χ2n) is 6.37. The van der Waals surface area contributed by atoms with Crippen LogP contribution in [0.15, 0.2) is 36.2 Å². The molecule has 1 aliphatic heterocycles. The van der Waals surface area contributed by atoms with Gasteiger partial charge in [0.1, 0.15) is 5.82 Å². The molecule has 0 bridgehead atoms. The number of amides is 2. The maximum atomic E-state index is 12.4. The highest BCUT2D eigenvalue weighted by atomic mass is 16.2. The van der Waals surface area contributed by atoms with Crippen LogP contribution in [-0.4, -0.2) is 47.8 Å². The van der Waals surface area contributed by atoms with E-state index in [9.17, 15) is 9.59 Å². The Balaban J connectivity index is 2.40. The summed E-state index contributed by atoms with van der Waals surface area (Å²) in [4.78, 5) is 28.1. The number of likely N-dealkylation sites (N-methyl/N-ethyl adjacent to an activating group) is 1. The highest BCUT2D eigenvalue weighted by Crippen LogP contribution is 2.21. The van der Waals surface area contributed by atoms with Crippen molar-refractivity contribution in [1.82, 2.24) is 15.1 Å². The molecule has 1 fully saturated rings. The molecule has 1 aromatic rings. The highest BCUT2D eigenvalue weighted by Gasteiger charge is 2.26. The van der Waals surface area contributed by atoms with Crippen LogP contribution in [0.3, 0.4) is 0 Å². The standard InChI is InChI=1S/C20H26N4O2/c1-4-16-8-5-6-9-17(16)13-24(15(2)25)20(12-19(26)22-3)23-11-7-10-18(21)14-23/h1,5-6,8-9,12,18H,7,10-11,13-14,21H2,2-3H3,(H,22,26). The number of hydrogen-bond donors (Lipinski definition) is 2. The van der Waals surface area contributed by atoms with E-state index in [2.05, 4.69) is 11.2 Å². The van der Waals surface area contributed by atoms with Crippen LogP contribution in [0.4, 0.5) is 0 Å². The molecule has 1 aromatic carbocycles. The summed E-state index contributed by atoms with van der Waals surface area (Å²) in [7, 11) is 1.56. The number of carbonyl (C=O) groups is 2. The third-order valence-corrected chi connectivity index (χ3v) is 4.45. The molecule has 0 radical (unpaired) electrons. The van der Waals surface area contributed by atoms with Crippen molar-refractivity contribution in [2.75, 3.05) is 20.1 Å². The van der Waals surface area contributed by atoms with E-state index in [1.807, 2.05) is 29.2 Å². The molecule has 6 nitrogen and oxygen atoms in total. The van der Waals surface area contributed by atoms with E-state index in [0.29, 0.717) is 18.9 Å². The van der Waals surface area contributed by atoms with Gasteiger partial charge in [0.2, 0.25) is 11.8 Å². The summed E-state index contributed by atoms with van der Waals surface area (Å²) in [6.07, 6.45) is 8.89. The van der Waals surface area contributed by atoms with Gasteiger partial charge in [-0.25, -0.2) is 0 Å². The molecule has 6 heteroatoms. The van der Waals surface area contributed by atoms with E-state index in [1.165, 1.54) is 13.0 Å². The second kappa shape index (κ2) is 9.07. The zero-order valence-corrected chi connectivity index (χ0v) is 15.4. The van der Waals surface area contributed by atoms with Crippen LogP contribution in [0, 0.1) is 12.3 Å². The number of nitrogens with two attached hydrogens (primary N) is 1. The van der Waals surface area contributed by atoms with Gasteiger partial charge in [0.05, 0.1) is 6.54 Å². The van der Waals surface area contributed by atoms with E-state index in [4.69, 9.17) is 12.2 Å². The van der Waals surface area contributed by atoms with E-state index >= 15 is 0 Å². The normalized spacial score (nSPS) is 17.4. The van der Waals surface area contributed by atoms with Gasteiger partial charge in [0.25, 0.3) is 0 Å². The van der Waals surface area contributed by atoms with Crippen LogP contribution in [0.25, 0.3) is 0 Å². The smallest absolute Gasteiger partial charge is 0.247 e. The Morgan fingerprint density at radius 2 is 2.19 bits per heavy atom. The largest absolute Gasteiger partial charge is 0.356 e. The van der Waals surface area contributed by atoms with Gasteiger partial charge < -0.3 is 16.0 Å². The van der Waals surface area contributed by atoms with Crippen LogP contribution in [0.2, 0.25) is 0 Å². The average Bonchev–Trinajstić information content (AvgIpc) is 2.64. The molecule has 2 amide bonds. The number of nitrogens with one attached hydrogen (secondary N) is 1. The minimum absolute atomic E-state index is 0.0173. The van der Waals surface area contributed by atoms with Gasteiger partial charge in [-0.2, -0.15) is 0 Å². The second-order valence-corrected chi connectivity index (χ2v) is 6.37. The van der Waals surface area contributed by atoms with Crippen molar-refractivity contribution in [2.45, 2.75) is 32.4 Å². The van der Waals surface area contributed by atoms with E-state index < -0.39 is 0 Å². The minimum Gasteiger partial charge on any atom is -0.356 e. The molecule has 1 saturated heterocycles. The molecular formula is C20H26N4O2. The van der Waals surface area contributed by atoms with Crippen molar-refractivity contribution in [3.63, 3.8) is 0 Å². The Labute approximate surface area is 155 Å². The maximum Gasteiger partial charge on any atom is 0.247 e. The van der Waals surface area contributed by atoms with Crippen LogP contribution in [0.5, 0.6) is 0 Å². The van der Waals surface area contributed by atoms with Crippen LogP contribution in [-0.2, 0) is 16.1 Å². The van der Waals surface area contributed by atoms with Gasteiger partial charge >= 0.3 is 0 Å². The summed E-state index contributed by atoms with van der Waals surface area (Å²) < 4.78 is 0. The van der Waals surface area contributed by atoms with E-state index in [1.54, 1.807) is 11.9 Å². The molecule has 1 atom stereocenters. The first kappa shape index (κ1) is 19.5. The van der Waals surface area contributed by atoms with Crippen LogP contribution >= 0.6 is 0 Å². The SMILES string of the molecule is C#Cc1ccccc1CN(C(C)=O)C(=CC(=O)NC)N1CCCC(N)C1. The van der Waals surface area contributed by atoms with Crippen molar-refractivity contribution in [3.8, 4) is 12.3 Å². The summed E-state index contributed by atoms with van der Waals surface area (Å²) in [5, 5.41) is 2.58. The lowest BCUT2D eigenvalue weighted by molar-refractivity contribution is -0.128. The van der Waals surface area contributed by atoms with E-state index in [-0.39, 0.29) is 17.9 Å². The molecule has 138 valence electrons. The zero-order chi connectivity index (χ0) is 19.1. The summed E-state index contributed by atoms with van der Waals surface area (Å²) in [6.45, 7) is 3.13. The van der Waals surface area contributed by atoms with Crippen LogP contribution in [0.1, 0.15) is 30.9 Å².